The van der Waals surface area contributed by atoms with Crippen LogP contribution in [-0.4, -0.2) is 31.4 Å². The van der Waals surface area contributed by atoms with Gasteiger partial charge in [-0.05, 0) is 44.2 Å². The lowest BCUT2D eigenvalue weighted by molar-refractivity contribution is -0.121. The summed E-state index contributed by atoms with van der Waals surface area (Å²) in [4.78, 5) is 25.4. The van der Waals surface area contributed by atoms with Crippen LogP contribution in [0.15, 0.2) is 12.1 Å². The molecule has 1 aliphatic carbocycles. The normalized spacial score (nSPS) is 14.1. The van der Waals surface area contributed by atoms with Gasteiger partial charge in [0.15, 0.2) is 5.78 Å². The van der Waals surface area contributed by atoms with Gasteiger partial charge >= 0.3 is 0 Å². The summed E-state index contributed by atoms with van der Waals surface area (Å²) in [6, 6.07) is 3.76. The second-order valence-corrected chi connectivity index (χ2v) is 6.84. The van der Waals surface area contributed by atoms with Crippen molar-refractivity contribution in [3.63, 3.8) is 0 Å². The standard InChI is InChI=1S/C16H23NO3S/c1-12-3-7-15(21-12)14(18)6-8-16(19)17-9-2-10-20-11-13-4-5-13/h3,7,13H,2,4-6,8-11H2,1H3,(H,17,19). The molecule has 0 saturated heterocycles. The highest BCUT2D eigenvalue weighted by Gasteiger charge is 2.20. The predicted molar refractivity (Wildman–Crippen MR) is 83.8 cm³/mol. The van der Waals surface area contributed by atoms with Crippen molar-refractivity contribution in [1.82, 2.24) is 5.32 Å². The minimum atomic E-state index is -0.0566. The van der Waals surface area contributed by atoms with E-state index in [0.717, 1.165) is 28.7 Å². The predicted octanol–water partition coefficient (Wildman–Crippen LogP) is 2.95. The van der Waals surface area contributed by atoms with E-state index in [4.69, 9.17) is 4.74 Å². The first-order valence-electron chi connectivity index (χ1n) is 7.59. The minimum Gasteiger partial charge on any atom is -0.381 e. The summed E-state index contributed by atoms with van der Waals surface area (Å²) in [7, 11) is 0. The van der Waals surface area contributed by atoms with Gasteiger partial charge in [0, 0.05) is 37.5 Å². The molecule has 0 bridgehead atoms. The summed E-state index contributed by atoms with van der Waals surface area (Å²) in [5.74, 6) is 0.779. The van der Waals surface area contributed by atoms with Gasteiger partial charge in [0.1, 0.15) is 0 Å². The van der Waals surface area contributed by atoms with Crippen molar-refractivity contribution >= 4 is 23.0 Å². The van der Waals surface area contributed by atoms with E-state index < -0.39 is 0 Å². The molecule has 1 aromatic heterocycles. The molecular weight excluding hydrogens is 286 g/mol. The monoisotopic (exact) mass is 309 g/mol. The van der Waals surface area contributed by atoms with E-state index in [1.54, 1.807) is 0 Å². The first kappa shape index (κ1) is 16.2. The first-order valence-corrected chi connectivity index (χ1v) is 8.41. The smallest absolute Gasteiger partial charge is 0.220 e. The Kier molecular flexibility index (Phi) is 6.39. The molecule has 2 rings (SSSR count). The molecule has 0 spiro atoms. The van der Waals surface area contributed by atoms with Crippen molar-refractivity contribution in [2.24, 2.45) is 5.92 Å². The maximum Gasteiger partial charge on any atom is 0.220 e. The molecule has 1 heterocycles. The molecule has 1 amide bonds. The fourth-order valence-corrected chi connectivity index (χ4v) is 2.79. The zero-order chi connectivity index (χ0) is 15.1. The number of nitrogens with one attached hydrogen (secondary N) is 1. The molecule has 116 valence electrons. The third kappa shape index (κ3) is 6.40. The number of amides is 1. The quantitative estimate of drug-likeness (QED) is 0.534. The Hall–Kier alpha value is -1.20. The first-order chi connectivity index (χ1) is 10.1. The van der Waals surface area contributed by atoms with Gasteiger partial charge in [0.2, 0.25) is 5.91 Å². The van der Waals surface area contributed by atoms with E-state index in [1.165, 1.54) is 24.2 Å². The van der Waals surface area contributed by atoms with E-state index in [0.29, 0.717) is 13.2 Å². The third-order valence-corrected chi connectivity index (χ3v) is 4.47. The topological polar surface area (TPSA) is 55.4 Å². The van der Waals surface area contributed by atoms with Crippen LogP contribution in [0.1, 0.15) is 46.7 Å². The summed E-state index contributed by atoms with van der Waals surface area (Å²) in [6.07, 6.45) is 3.97. The molecule has 0 aromatic carbocycles. The van der Waals surface area contributed by atoms with Crippen LogP contribution in [0.4, 0.5) is 0 Å². The minimum absolute atomic E-state index is 0.0519. The largest absolute Gasteiger partial charge is 0.381 e. The molecule has 1 N–H and O–H groups in total. The Bertz CT molecular complexity index is 480. The van der Waals surface area contributed by atoms with Gasteiger partial charge in [-0.15, -0.1) is 11.3 Å². The van der Waals surface area contributed by atoms with Crippen molar-refractivity contribution in [2.75, 3.05) is 19.8 Å². The summed E-state index contributed by atoms with van der Waals surface area (Å²) in [5.41, 5.74) is 0. The lowest BCUT2D eigenvalue weighted by Crippen LogP contribution is -2.25. The second kappa shape index (κ2) is 8.29. The fraction of sp³-hybridized carbons (Fsp3) is 0.625. The number of ether oxygens (including phenoxy) is 1. The van der Waals surface area contributed by atoms with E-state index >= 15 is 0 Å². The SMILES string of the molecule is Cc1ccc(C(=O)CCC(=O)NCCCOCC2CC2)s1. The van der Waals surface area contributed by atoms with Gasteiger partial charge in [-0.1, -0.05) is 0 Å². The Morgan fingerprint density at radius 1 is 1.33 bits per heavy atom. The number of aryl methyl sites for hydroxylation is 1. The van der Waals surface area contributed by atoms with E-state index in [1.807, 2.05) is 19.1 Å². The van der Waals surface area contributed by atoms with Gasteiger partial charge in [0.05, 0.1) is 4.88 Å². The number of rotatable bonds is 10. The van der Waals surface area contributed by atoms with E-state index in [9.17, 15) is 9.59 Å². The summed E-state index contributed by atoms with van der Waals surface area (Å²) < 4.78 is 5.49. The number of hydrogen-bond donors (Lipinski definition) is 1. The second-order valence-electron chi connectivity index (χ2n) is 5.56. The molecule has 4 nitrogen and oxygen atoms in total. The molecule has 5 heteroatoms. The van der Waals surface area contributed by atoms with Crippen LogP contribution in [0, 0.1) is 12.8 Å². The maximum absolute atomic E-state index is 11.9. The molecule has 0 radical (unpaired) electrons. The van der Waals surface area contributed by atoms with Gasteiger partial charge in [-0.3, -0.25) is 9.59 Å². The maximum atomic E-state index is 11.9. The molecule has 1 aliphatic rings. The Morgan fingerprint density at radius 3 is 2.81 bits per heavy atom. The summed E-state index contributed by atoms with van der Waals surface area (Å²) in [6.45, 7) is 4.15. The van der Waals surface area contributed by atoms with Gasteiger partial charge in [-0.2, -0.15) is 0 Å². The zero-order valence-electron chi connectivity index (χ0n) is 12.5. The molecule has 21 heavy (non-hydrogen) atoms. The van der Waals surface area contributed by atoms with E-state index in [-0.39, 0.29) is 24.5 Å². The molecule has 0 atom stereocenters. The van der Waals surface area contributed by atoms with Crippen LogP contribution in [-0.2, 0) is 9.53 Å². The summed E-state index contributed by atoms with van der Waals surface area (Å²) >= 11 is 1.48. The van der Waals surface area contributed by atoms with Crippen LogP contribution in [0.3, 0.4) is 0 Å². The van der Waals surface area contributed by atoms with Crippen molar-refractivity contribution in [2.45, 2.75) is 39.0 Å². The molecule has 1 aromatic rings. The number of carbonyl (C=O) groups excluding carboxylic acids is 2. The average molecular weight is 309 g/mol. The van der Waals surface area contributed by atoms with Crippen molar-refractivity contribution in [3.8, 4) is 0 Å². The number of carbonyl (C=O) groups is 2. The van der Waals surface area contributed by atoms with Crippen LogP contribution in [0.2, 0.25) is 0 Å². The Labute approximate surface area is 129 Å². The number of thiophene rings is 1. The van der Waals surface area contributed by atoms with Crippen LogP contribution < -0.4 is 5.32 Å². The number of hydrogen-bond acceptors (Lipinski definition) is 4. The lowest BCUT2D eigenvalue weighted by atomic mass is 10.2. The molecule has 1 fully saturated rings. The third-order valence-electron chi connectivity index (χ3n) is 3.43. The Morgan fingerprint density at radius 2 is 2.14 bits per heavy atom. The number of Topliss-reactive ketones (excluding diaryl/α,β-unsaturated/α-hetero) is 1. The zero-order valence-corrected chi connectivity index (χ0v) is 13.3. The van der Waals surface area contributed by atoms with Crippen LogP contribution in [0.25, 0.3) is 0 Å². The van der Waals surface area contributed by atoms with E-state index in [2.05, 4.69) is 5.32 Å². The number of ketones is 1. The highest BCUT2D eigenvalue weighted by Crippen LogP contribution is 2.28. The van der Waals surface area contributed by atoms with Gasteiger partial charge < -0.3 is 10.1 Å². The van der Waals surface area contributed by atoms with Crippen LogP contribution >= 0.6 is 11.3 Å². The highest BCUT2D eigenvalue weighted by atomic mass is 32.1. The van der Waals surface area contributed by atoms with Crippen molar-refractivity contribution < 1.29 is 14.3 Å². The molecular formula is C16H23NO3S. The molecule has 1 saturated carbocycles. The summed E-state index contributed by atoms with van der Waals surface area (Å²) in [5, 5.41) is 2.83. The average Bonchev–Trinajstić information content (AvgIpc) is 3.19. The Balaban J connectivity index is 1.49. The fourth-order valence-electron chi connectivity index (χ4n) is 1.96. The van der Waals surface area contributed by atoms with Crippen molar-refractivity contribution in [3.05, 3.63) is 21.9 Å². The highest BCUT2D eigenvalue weighted by molar-refractivity contribution is 7.14. The molecule has 0 unspecified atom stereocenters. The van der Waals surface area contributed by atoms with Gasteiger partial charge in [0.25, 0.3) is 0 Å². The molecule has 0 aliphatic heterocycles. The van der Waals surface area contributed by atoms with Crippen LogP contribution in [0.5, 0.6) is 0 Å². The lowest BCUT2D eigenvalue weighted by Gasteiger charge is -2.05. The van der Waals surface area contributed by atoms with Gasteiger partial charge in [-0.25, -0.2) is 0 Å². The van der Waals surface area contributed by atoms with Crippen molar-refractivity contribution in [1.29, 1.82) is 0 Å².